The summed E-state index contributed by atoms with van der Waals surface area (Å²) in [5, 5.41) is 2.73. The molecule has 0 unspecified atom stereocenters. The summed E-state index contributed by atoms with van der Waals surface area (Å²) in [4.78, 5) is 40.3. The van der Waals surface area contributed by atoms with Gasteiger partial charge in [-0.2, -0.15) is 0 Å². The Bertz CT molecular complexity index is 1240. The van der Waals surface area contributed by atoms with E-state index < -0.39 is 0 Å². The Kier molecular flexibility index (Phi) is 5.09. The van der Waals surface area contributed by atoms with Crippen LogP contribution in [0.5, 0.6) is 0 Å². The van der Waals surface area contributed by atoms with E-state index >= 15 is 0 Å². The number of hydrogen-bond acceptors (Lipinski definition) is 3. The minimum Gasteiger partial charge on any atom is -0.338 e. The van der Waals surface area contributed by atoms with E-state index in [4.69, 9.17) is 0 Å². The molecule has 2 aromatic carbocycles. The molecule has 0 spiro atoms. The minimum atomic E-state index is -0.375. The number of nitrogens with zero attached hydrogens (tertiary/aromatic N) is 2. The van der Waals surface area contributed by atoms with Crippen molar-refractivity contribution in [2.45, 2.75) is 18.9 Å². The summed E-state index contributed by atoms with van der Waals surface area (Å²) in [6.07, 6.45) is 0.905. The molecule has 5 rings (SSSR count). The molecule has 0 radical (unpaired) electrons. The van der Waals surface area contributed by atoms with Gasteiger partial charge in [0.15, 0.2) is 0 Å². The first kappa shape index (κ1) is 20.2. The number of amides is 2. The fourth-order valence-corrected chi connectivity index (χ4v) is 4.77. The lowest BCUT2D eigenvalue weighted by Gasteiger charge is -2.43. The molecule has 1 saturated heterocycles. The Balaban J connectivity index is 1.37. The lowest BCUT2D eigenvalue weighted by atomic mass is 9.83. The van der Waals surface area contributed by atoms with E-state index in [1.807, 2.05) is 12.1 Å². The number of carbonyl (C=O) groups is 2. The molecular weight excluding hydrogens is 409 g/mol. The Morgan fingerprint density at radius 2 is 1.62 bits per heavy atom. The van der Waals surface area contributed by atoms with E-state index in [0.29, 0.717) is 30.8 Å². The van der Waals surface area contributed by atoms with Gasteiger partial charge in [-0.05, 0) is 60.9 Å². The van der Waals surface area contributed by atoms with Crippen LogP contribution in [0.2, 0.25) is 0 Å². The van der Waals surface area contributed by atoms with Crippen molar-refractivity contribution in [2.75, 3.05) is 18.4 Å². The molecule has 2 atom stereocenters. The summed E-state index contributed by atoms with van der Waals surface area (Å²) in [7, 11) is 0. The Labute approximate surface area is 184 Å². The van der Waals surface area contributed by atoms with Gasteiger partial charge in [0.25, 0.3) is 17.4 Å². The number of benzene rings is 2. The third kappa shape index (κ3) is 3.70. The van der Waals surface area contributed by atoms with E-state index in [1.54, 1.807) is 39.8 Å². The van der Waals surface area contributed by atoms with Crippen LogP contribution >= 0.6 is 0 Å². The van der Waals surface area contributed by atoms with E-state index in [2.05, 4.69) is 5.32 Å². The second-order valence-electron chi connectivity index (χ2n) is 8.42. The van der Waals surface area contributed by atoms with Crippen molar-refractivity contribution < 1.29 is 14.0 Å². The zero-order valence-electron chi connectivity index (χ0n) is 17.3. The van der Waals surface area contributed by atoms with Crippen molar-refractivity contribution in [3.05, 3.63) is 99.7 Å². The number of hydrogen-bond donors (Lipinski definition) is 1. The van der Waals surface area contributed by atoms with Crippen molar-refractivity contribution in [3.63, 3.8) is 0 Å². The fourth-order valence-electron chi connectivity index (χ4n) is 4.77. The molecule has 1 fully saturated rings. The summed E-state index contributed by atoms with van der Waals surface area (Å²) >= 11 is 0. The molecule has 2 amide bonds. The number of fused-ring (bicyclic) bond motifs is 4. The van der Waals surface area contributed by atoms with Crippen molar-refractivity contribution in [2.24, 2.45) is 5.92 Å². The van der Waals surface area contributed by atoms with Gasteiger partial charge in [0.2, 0.25) is 0 Å². The fraction of sp³-hybridized carbons (Fsp3) is 0.240. The number of halogens is 1. The van der Waals surface area contributed by atoms with Crippen molar-refractivity contribution in [1.82, 2.24) is 9.47 Å². The van der Waals surface area contributed by atoms with Crippen LogP contribution in [0.4, 0.5) is 10.1 Å². The highest BCUT2D eigenvalue weighted by Gasteiger charge is 2.37. The third-order valence-electron chi connectivity index (χ3n) is 6.27. The summed E-state index contributed by atoms with van der Waals surface area (Å²) in [5.74, 6) is -0.639. The molecule has 0 aliphatic carbocycles. The highest BCUT2D eigenvalue weighted by Crippen LogP contribution is 2.36. The first-order chi connectivity index (χ1) is 15.5. The third-order valence-corrected chi connectivity index (χ3v) is 6.27. The number of rotatable bonds is 3. The van der Waals surface area contributed by atoms with Gasteiger partial charge in [0.1, 0.15) is 11.5 Å². The van der Waals surface area contributed by atoms with Gasteiger partial charge >= 0.3 is 0 Å². The standard InChI is InChI=1S/C25H22FN3O3/c26-20-8-6-18(7-9-20)24(31)28-13-16-12-19(15-28)22-11-10-21(25(32)29(22)14-16)27-23(30)17-4-2-1-3-5-17/h1-11,16,19H,12-15H2,(H,27,30)/t16-,19-/m1/s1. The average Bonchev–Trinajstić information content (AvgIpc) is 2.81. The molecule has 3 heterocycles. The van der Waals surface area contributed by atoms with Crippen LogP contribution in [0, 0.1) is 11.7 Å². The molecule has 2 aliphatic heterocycles. The molecule has 32 heavy (non-hydrogen) atoms. The van der Waals surface area contributed by atoms with E-state index in [0.717, 1.165) is 12.1 Å². The van der Waals surface area contributed by atoms with Crippen LogP contribution < -0.4 is 10.9 Å². The molecule has 1 aromatic heterocycles. The van der Waals surface area contributed by atoms with Crippen LogP contribution in [-0.4, -0.2) is 34.4 Å². The summed E-state index contributed by atoms with van der Waals surface area (Å²) in [6.45, 7) is 1.54. The minimum absolute atomic E-state index is 0.0403. The number of anilines is 1. The topological polar surface area (TPSA) is 71.4 Å². The molecule has 2 bridgehead atoms. The van der Waals surface area contributed by atoms with Crippen molar-refractivity contribution in [1.29, 1.82) is 0 Å². The maximum Gasteiger partial charge on any atom is 0.274 e. The Morgan fingerprint density at radius 1 is 0.875 bits per heavy atom. The first-order valence-electron chi connectivity index (χ1n) is 10.6. The smallest absolute Gasteiger partial charge is 0.274 e. The number of piperidine rings is 1. The number of pyridine rings is 1. The monoisotopic (exact) mass is 431 g/mol. The Morgan fingerprint density at radius 3 is 2.38 bits per heavy atom. The Hall–Kier alpha value is -3.74. The van der Waals surface area contributed by atoms with E-state index in [1.165, 1.54) is 24.3 Å². The predicted octanol–water partition coefficient (Wildman–Crippen LogP) is 3.50. The van der Waals surface area contributed by atoms with Gasteiger partial charge in [0.05, 0.1) is 0 Å². The number of carbonyl (C=O) groups excluding carboxylic acids is 2. The van der Waals surface area contributed by atoms with Crippen LogP contribution in [-0.2, 0) is 6.54 Å². The van der Waals surface area contributed by atoms with Gasteiger partial charge < -0.3 is 14.8 Å². The first-order valence-corrected chi connectivity index (χ1v) is 10.6. The average molecular weight is 431 g/mol. The van der Waals surface area contributed by atoms with Crippen LogP contribution in [0.1, 0.15) is 38.7 Å². The number of aromatic nitrogens is 1. The molecule has 2 aliphatic rings. The zero-order chi connectivity index (χ0) is 22.2. The molecule has 6 nitrogen and oxygen atoms in total. The second kappa shape index (κ2) is 8.07. The van der Waals surface area contributed by atoms with E-state index in [9.17, 15) is 18.8 Å². The molecule has 0 saturated carbocycles. The quantitative estimate of drug-likeness (QED) is 0.690. The zero-order valence-corrected chi connectivity index (χ0v) is 17.3. The molecule has 3 aromatic rings. The predicted molar refractivity (Wildman–Crippen MR) is 118 cm³/mol. The van der Waals surface area contributed by atoms with Gasteiger partial charge in [0, 0.05) is 42.4 Å². The van der Waals surface area contributed by atoms with Crippen LogP contribution in [0.25, 0.3) is 0 Å². The van der Waals surface area contributed by atoms with Gasteiger partial charge in [-0.25, -0.2) is 4.39 Å². The molecule has 7 heteroatoms. The highest BCUT2D eigenvalue weighted by molar-refractivity contribution is 6.04. The largest absolute Gasteiger partial charge is 0.338 e. The maximum absolute atomic E-state index is 13.2. The lowest BCUT2D eigenvalue weighted by molar-refractivity contribution is 0.0594. The molecule has 162 valence electrons. The summed E-state index contributed by atoms with van der Waals surface area (Å²) in [6, 6.07) is 17.9. The number of likely N-dealkylation sites (tertiary alicyclic amines) is 1. The van der Waals surface area contributed by atoms with Crippen molar-refractivity contribution >= 4 is 17.5 Å². The lowest BCUT2D eigenvalue weighted by Crippen LogP contribution is -2.49. The second-order valence-corrected chi connectivity index (χ2v) is 8.42. The summed E-state index contributed by atoms with van der Waals surface area (Å²) in [5.41, 5.74) is 1.85. The van der Waals surface area contributed by atoms with Gasteiger partial charge in [-0.3, -0.25) is 14.4 Å². The maximum atomic E-state index is 13.2. The molecule has 1 N–H and O–H groups in total. The van der Waals surface area contributed by atoms with Crippen molar-refractivity contribution in [3.8, 4) is 0 Å². The van der Waals surface area contributed by atoms with Gasteiger partial charge in [-0.15, -0.1) is 0 Å². The normalized spacial score (nSPS) is 19.2. The number of nitrogens with one attached hydrogen (secondary N) is 1. The highest BCUT2D eigenvalue weighted by atomic mass is 19.1. The van der Waals surface area contributed by atoms with Crippen LogP contribution in [0.3, 0.4) is 0 Å². The van der Waals surface area contributed by atoms with Gasteiger partial charge in [-0.1, -0.05) is 18.2 Å². The molecular formula is C25H22FN3O3. The SMILES string of the molecule is O=C(Nc1ccc2n(c1=O)C[C@@H]1C[C@@H]2CN(C(=O)c2ccc(F)cc2)C1)c1ccccc1. The van der Waals surface area contributed by atoms with E-state index in [-0.39, 0.29) is 40.7 Å². The summed E-state index contributed by atoms with van der Waals surface area (Å²) < 4.78 is 14.9. The van der Waals surface area contributed by atoms with Crippen LogP contribution in [0.15, 0.2) is 71.5 Å².